The molecular weight excluding hydrogens is 292 g/mol. The fourth-order valence-electron chi connectivity index (χ4n) is 1.93. The van der Waals surface area contributed by atoms with Crippen LogP contribution in [0.15, 0.2) is 54.6 Å². The number of rotatable bonds is 4. The molecule has 0 aliphatic rings. The predicted molar refractivity (Wildman–Crippen MR) is 80.3 cm³/mol. The zero-order valence-electron chi connectivity index (χ0n) is 11.9. The van der Waals surface area contributed by atoms with Gasteiger partial charge in [-0.25, -0.2) is 17.6 Å². The molecular formula is C18H14F4. The van der Waals surface area contributed by atoms with Crippen LogP contribution in [-0.4, -0.2) is 0 Å². The number of benzene rings is 2. The van der Waals surface area contributed by atoms with Crippen molar-refractivity contribution in [3.05, 3.63) is 82.9 Å². The second-order valence-electron chi connectivity index (χ2n) is 4.73. The van der Waals surface area contributed by atoms with Crippen molar-refractivity contribution < 1.29 is 17.6 Å². The van der Waals surface area contributed by atoms with Crippen molar-refractivity contribution in [2.45, 2.75) is 13.3 Å². The van der Waals surface area contributed by atoms with Crippen molar-refractivity contribution in [1.29, 1.82) is 0 Å². The zero-order valence-corrected chi connectivity index (χ0v) is 11.9. The lowest BCUT2D eigenvalue weighted by atomic mass is 10.1. The summed E-state index contributed by atoms with van der Waals surface area (Å²) in [6.45, 7) is 1.90. The van der Waals surface area contributed by atoms with E-state index in [0.29, 0.717) is 12.5 Å². The first kappa shape index (κ1) is 16.0. The van der Waals surface area contributed by atoms with Gasteiger partial charge in [-0.3, -0.25) is 0 Å². The van der Waals surface area contributed by atoms with Crippen molar-refractivity contribution in [2.75, 3.05) is 0 Å². The minimum Gasteiger partial charge on any atom is -0.204 e. The fourth-order valence-corrected chi connectivity index (χ4v) is 1.93. The molecule has 0 aliphatic heterocycles. The Morgan fingerprint density at radius 3 is 2.05 bits per heavy atom. The average molecular weight is 306 g/mol. The molecule has 0 N–H and O–H groups in total. The summed E-state index contributed by atoms with van der Waals surface area (Å²) < 4.78 is 54.0. The molecule has 0 nitrogen and oxygen atoms in total. The summed E-state index contributed by atoms with van der Waals surface area (Å²) in [6.07, 6.45) is 4.55. The highest BCUT2D eigenvalue weighted by Crippen LogP contribution is 2.29. The molecule has 0 aromatic heterocycles. The molecule has 0 radical (unpaired) electrons. The summed E-state index contributed by atoms with van der Waals surface area (Å²) in [6, 6.07) is 8.66. The van der Waals surface area contributed by atoms with Gasteiger partial charge in [-0.15, -0.1) is 0 Å². The van der Waals surface area contributed by atoms with Gasteiger partial charge in [-0.2, -0.15) is 0 Å². The topological polar surface area (TPSA) is 0 Å². The molecule has 2 aromatic rings. The minimum absolute atomic E-state index is 0.0476. The molecule has 0 amide bonds. The fraction of sp³-hybridized carbons (Fsp3) is 0.111. The van der Waals surface area contributed by atoms with E-state index >= 15 is 0 Å². The summed E-state index contributed by atoms with van der Waals surface area (Å²) in [4.78, 5) is 0. The van der Waals surface area contributed by atoms with Gasteiger partial charge in [-0.05, 0) is 37.1 Å². The largest absolute Gasteiger partial charge is 0.204 e. The van der Waals surface area contributed by atoms with Gasteiger partial charge >= 0.3 is 0 Å². The lowest BCUT2D eigenvalue weighted by Crippen LogP contribution is -1.89. The van der Waals surface area contributed by atoms with Crippen LogP contribution in [0.3, 0.4) is 0 Å². The van der Waals surface area contributed by atoms with Crippen LogP contribution >= 0.6 is 0 Å². The van der Waals surface area contributed by atoms with Gasteiger partial charge in [0.15, 0.2) is 23.3 Å². The standard InChI is InChI=1S/C18H14F4/c1-2-3-4-12-5-7-13(8-6-12)17(21)18(22)14-9-10-15(19)16(20)11-14/h2-3,5-11H,4H2,1H3. The first-order chi connectivity index (χ1) is 10.5. The van der Waals surface area contributed by atoms with Crippen molar-refractivity contribution in [3.8, 4) is 0 Å². The maximum absolute atomic E-state index is 14.1. The van der Waals surface area contributed by atoms with Gasteiger partial charge in [-0.1, -0.05) is 36.4 Å². The molecule has 4 heteroatoms. The van der Waals surface area contributed by atoms with Crippen LogP contribution < -0.4 is 0 Å². The van der Waals surface area contributed by atoms with Crippen LogP contribution in [0.2, 0.25) is 0 Å². The summed E-state index contributed by atoms with van der Waals surface area (Å²) in [5, 5.41) is 0. The van der Waals surface area contributed by atoms with E-state index in [1.165, 1.54) is 12.1 Å². The Labute approximate surface area is 126 Å². The molecule has 0 spiro atoms. The van der Waals surface area contributed by atoms with Crippen LogP contribution in [0.1, 0.15) is 23.6 Å². The van der Waals surface area contributed by atoms with Gasteiger partial charge < -0.3 is 0 Å². The Kier molecular flexibility index (Phi) is 5.15. The molecule has 0 saturated carbocycles. The molecule has 114 valence electrons. The second kappa shape index (κ2) is 7.07. The molecule has 0 fully saturated rings. The quantitative estimate of drug-likeness (QED) is 0.378. The van der Waals surface area contributed by atoms with Crippen LogP contribution in [0.5, 0.6) is 0 Å². The molecule has 0 heterocycles. The van der Waals surface area contributed by atoms with E-state index in [2.05, 4.69) is 0 Å². The van der Waals surface area contributed by atoms with Crippen LogP contribution in [0.4, 0.5) is 17.6 Å². The van der Waals surface area contributed by atoms with E-state index in [1.807, 2.05) is 19.1 Å². The Balaban J connectivity index is 2.31. The average Bonchev–Trinajstić information content (AvgIpc) is 2.54. The Morgan fingerprint density at radius 1 is 0.864 bits per heavy atom. The highest BCUT2D eigenvalue weighted by atomic mass is 19.2. The third-order valence-corrected chi connectivity index (χ3v) is 3.16. The molecule has 2 rings (SSSR count). The summed E-state index contributed by atoms with van der Waals surface area (Å²) in [5.41, 5.74) is 0.670. The van der Waals surface area contributed by atoms with Gasteiger partial charge in [0.2, 0.25) is 0 Å². The highest BCUT2D eigenvalue weighted by Gasteiger charge is 2.13. The third-order valence-electron chi connectivity index (χ3n) is 3.16. The van der Waals surface area contributed by atoms with Crippen LogP contribution in [-0.2, 0) is 6.42 Å². The second-order valence-corrected chi connectivity index (χ2v) is 4.73. The highest BCUT2D eigenvalue weighted by molar-refractivity contribution is 5.83. The first-order valence-electron chi connectivity index (χ1n) is 6.74. The number of hydrogen-bond donors (Lipinski definition) is 0. The SMILES string of the molecule is CC=CCc1ccc(C(F)=C(F)c2ccc(F)c(F)c2)cc1. The maximum atomic E-state index is 14.1. The number of halogens is 4. The summed E-state index contributed by atoms with van der Waals surface area (Å²) >= 11 is 0. The van der Waals surface area contributed by atoms with Gasteiger partial charge in [0.05, 0.1) is 0 Å². The predicted octanol–water partition coefficient (Wildman–Crippen LogP) is 5.85. The molecule has 0 bridgehead atoms. The van der Waals surface area contributed by atoms with Crippen molar-refractivity contribution >= 4 is 11.7 Å². The minimum atomic E-state index is -1.22. The lowest BCUT2D eigenvalue weighted by molar-refractivity contribution is 0.507. The molecule has 0 aliphatic carbocycles. The zero-order chi connectivity index (χ0) is 16.1. The Morgan fingerprint density at radius 2 is 1.45 bits per heavy atom. The van der Waals surface area contributed by atoms with Crippen LogP contribution in [0, 0.1) is 11.6 Å². The molecule has 22 heavy (non-hydrogen) atoms. The van der Waals surface area contributed by atoms with E-state index in [9.17, 15) is 17.6 Å². The van der Waals surface area contributed by atoms with Gasteiger partial charge in [0, 0.05) is 11.1 Å². The monoisotopic (exact) mass is 306 g/mol. The van der Waals surface area contributed by atoms with Gasteiger partial charge in [0.1, 0.15) is 0 Å². The number of allylic oxidation sites excluding steroid dienone is 2. The molecule has 0 saturated heterocycles. The summed E-state index contributed by atoms with van der Waals surface area (Å²) in [5.74, 6) is -4.66. The van der Waals surface area contributed by atoms with E-state index in [4.69, 9.17) is 0 Å². The van der Waals surface area contributed by atoms with E-state index in [-0.39, 0.29) is 11.1 Å². The third kappa shape index (κ3) is 3.64. The smallest absolute Gasteiger partial charge is 0.166 e. The Hall–Kier alpha value is -2.36. The molecule has 0 unspecified atom stereocenters. The van der Waals surface area contributed by atoms with Crippen LogP contribution in [0.25, 0.3) is 11.7 Å². The van der Waals surface area contributed by atoms with Crippen molar-refractivity contribution in [2.24, 2.45) is 0 Å². The van der Waals surface area contributed by atoms with Gasteiger partial charge in [0.25, 0.3) is 0 Å². The van der Waals surface area contributed by atoms with Crippen molar-refractivity contribution in [3.63, 3.8) is 0 Å². The number of hydrogen-bond acceptors (Lipinski definition) is 0. The molecule has 0 atom stereocenters. The molecule has 2 aromatic carbocycles. The van der Waals surface area contributed by atoms with E-state index in [1.54, 1.807) is 12.1 Å². The van der Waals surface area contributed by atoms with E-state index < -0.39 is 23.3 Å². The maximum Gasteiger partial charge on any atom is 0.166 e. The first-order valence-corrected chi connectivity index (χ1v) is 6.74. The Bertz CT molecular complexity index is 712. The van der Waals surface area contributed by atoms with Crippen molar-refractivity contribution in [1.82, 2.24) is 0 Å². The summed E-state index contributed by atoms with van der Waals surface area (Å²) in [7, 11) is 0. The lowest BCUT2D eigenvalue weighted by Gasteiger charge is -2.04. The van der Waals surface area contributed by atoms with E-state index in [0.717, 1.165) is 17.7 Å². The normalized spacial score (nSPS) is 12.6.